The lowest BCUT2D eigenvalue weighted by atomic mass is 9.92. The van der Waals surface area contributed by atoms with Crippen LogP contribution in [0.3, 0.4) is 0 Å². The smallest absolute Gasteiger partial charge is 0.274 e. The van der Waals surface area contributed by atoms with Crippen LogP contribution >= 0.6 is 0 Å². The second kappa shape index (κ2) is 5.56. The third kappa shape index (κ3) is 3.03. The number of aromatic nitrogens is 2. The van der Waals surface area contributed by atoms with Crippen LogP contribution in [0.15, 0.2) is 6.07 Å². The molecule has 1 aromatic heterocycles. The van der Waals surface area contributed by atoms with Crippen LogP contribution < -0.4 is 5.73 Å². The Morgan fingerprint density at radius 2 is 2.20 bits per heavy atom. The Bertz CT molecular complexity index is 472. The fourth-order valence-electron chi connectivity index (χ4n) is 2.72. The molecule has 1 fully saturated rings. The summed E-state index contributed by atoms with van der Waals surface area (Å²) < 4.78 is 0. The first kappa shape index (κ1) is 15.0. The van der Waals surface area contributed by atoms with E-state index in [9.17, 15) is 4.79 Å². The number of hydrogen-bond acceptors (Lipinski definition) is 3. The number of carbonyl (C=O) groups excluding carboxylic acids is 1. The molecular weight excluding hydrogens is 252 g/mol. The van der Waals surface area contributed by atoms with Crippen molar-refractivity contribution in [1.29, 1.82) is 0 Å². The minimum Gasteiger partial charge on any atom is -0.333 e. The van der Waals surface area contributed by atoms with Gasteiger partial charge in [-0.3, -0.25) is 9.89 Å². The number of amides is 1. The molecule has 1 aliphatic rings. The molecule has 5 nitrogen and oxygen atoms in total. The van der Waals surface area contributed by atoms with E-state index in [2.05, 4.69) is 31.0 Å². The van der Waals surface area contributed by atoms with E-state index in [4.69, 9.17) is 5.73 Å². The molecule has 2 atom stereocenters. The number of aromatic amines is 1. The molecule has 3 N–H and O–H groups in total. The number of nitrogens with zero attached hydrogens (tertiary/aromatic N) is 2. The van der Waals surface area contributed by atoms with Crippen LogP contribution in [0.2, 0.25) is 0 Å². The van der Waals surface area contributed by atoms with E-state index in [1.807, 2.05) is 17.9 Å². The van der Waals surface area contributed by atoms with Gasteiger partial charge in [-0.1, -0.05) is 20.8 Å². The first-order chi connectivity index (χ1) is 9.30. The predicted octanol–water partition coefficient (Wildman–Crippen LogP) is 2.05. The zero-order valence-electron chi connectivity index (χ0n) is 12.9. The van der Waals surface area contributed by atoms with Crippen molar-refractivity contribution in [1.82, 2.24) is 15.1 Å². The Balaban J connectivity index is 2.19. The van der Waals surface area contributed by atoms with E-state index in [0.717, 1.165) is 31.5 Å². The Kier molecular flexibility index (Phi) is 4.18. The Morgan fingerprint density at radius 3 is 2.75 bits per heavy atom. The molecule has 0 spiro atoms. The van der Waals surface area contributed by atoms with Gasteiger partial charge in [0.1, 0.15) is 5.69 Å². The minimum absolute atomic E-state index is 0.000258. The molecule has 1 aromatic rings. The molecule has 0 aromatic carbocycles. The number of likely N-dealkylation sites (tertiary alicyclic amines) is 1. The second-order valence-electron chi connectivity index (χ2n) is 6.84. The van der Waals surface area contributed by atoms with Crippen molar-refractivity contribution >= 4 is 5.91 Å². The van der Waals surface area contributed by atoms with Gasteiger partial charge in [-0.15, -0.1) is 0 Å². The highest BCUT2D eigenvalue weighted by molar-refractivity contribution is 5.92. The van der Waals surface area contributed by atoms with Crippen LogP contribution in [0, 0.1) is 0 Å². The SMILES string of the molecule is CC(N)C1CCCCN1C(=O)c1cc(C(C)(C)C)[nH]n1. The highest BCUT2D eigenvalue weighted by Gasteiger charge is 2.31. The van der Waals surface area contributed by atoms with Gasteiger partial charge in [-0.2, -0.15) is 5.10 Å². The van der Waals surface area contributed by atoms with Gasteiger partial charge in [0.25, 0.3) is 5.91 Å². The van der Waals surface area contributed by atoms with Crippen molar-refractivity contribution in [3.63, 3.8) is 0 Å². The summed E-state index contributed by atoms with van der Waals surface area (Å²) in [6.07, 6.45) is 3.18. The Labute approximate surface area is 120 Å². The molecule has 112 valence electrons. The summed E-state index contributed by atoms with van der Waals surface area (Å²) in [5.41, 5.74) is 7.48. The van der Waals surface area contributed by atoms with Gasteiger partial charge in [0, 0.05) is 29.7 Å². The van der Waals surface area contributed by atoms with Gasteiger partial charge in [0.05, 0.1) is 0 Å². The van der Waals surface area contributed by atoms with Crippen molar-refractivity contribution < 1.29 is 4.79 Å². The highest BCUT2D eigenvalue weighted by Crippen LogP contribution is 2.24. The Morgan fingerprint density at radius 1 is 1.50 bits per heavy atom. The lowest BCUT2D eigenvalue weighted by molar-refractivity contribution is 0.0577. The number of rotatable bonds is 2. The van der Waals surface area contributed by atoms with E-state index in [0.29, 0.717) is 5.69 Å². The summed E-state index contributed by atoms with van der Waals surface area (Å²) in [5, 5.41) is 7.18. The maximum Gasteiger partial charge on any atom is 0.274 e. The van der Waals surface area contributed by atoms with E-state index in [1.54, 1.807) is 0 Å². The largest absolute Gasteiger partial charge is 0.333 e. The maximum atomic E-state index is 12.6. The van der Waals surface area contributed by atoms with Crippen molar-refractivity contribution in [3.05, 3.63) is 17.5 Å². The summed E-state index contributed by atoms with van der Waals surface area (Å²) in [5.74, 6) is -0.00116. The third-order valence-electron chi connectivity index (χ3n) is 4.02. The van der Waals surface area contributed by atoms with Crippen LogP contribution in [-0.2, 0) is 5.41 Å². The highest BCUT2D eigenvalue weighted by atomic mass is 16.2. The average Bonchev–Trinajstić information content (AvgIpc) is 2.87. The molecule has 5 heteroatoms. The standard InChI is InChI=1S/C15H26N4O/c1-10(16)12-7-5-6-8-19(12)14(20)11-9-13(18-17-11)15(2,3)4/h9-10,12H,5-8,16H2,1-4H3,(H,17,18). The molecule has 1 saturated heterocycles. The van der Waals surface area contributed by atoms with Gasteiger partial charge >= 0.3 is 0 Å². The van der Waals surface area contributed by atoms with Gasteiger partial charge in [0.15, 0.2) is 0 Å². The molecule has 0 radical (unpaired) electrons. The van der Waals surface area contributed by atoms with Gasteiger partial charge in [-0.25, -0.2) is 0 Å². The summed E-state index contributed by atoms with van der Waals surface area (Å²) >= 11 is 0. The van der Waals surface area contributed by atoms with Gasteiger partial charge in [-0.05, 0) is 32.3 Å². The third-order valence-corrected chi connectivity index (χ3v) is 4.02. The molecule has 1 amide bonds. The van der Waals surface area contributed by atoms with E-state index in [1.165, 1.54) is 0 Å². The molecule has 0 bridgehead atoms. The first-order valence-corrected chi connectivity index (χ1v) is 7.43. The fraction of sp³-hybridized carbons (Fsp3) is 0.733. The Hall–Kier alpha value is -1.36. The van der Waals surface area contributed by atoms with Crippen LogP contribution in [-0.4, -0.2) is 39.6 Å². The molecule has 0 saturated carbocycles. The number of H-pyrrole nitrogens is 1. The van der Waals surface area contributed by atoms with Crippen LogP contribution in [0.25, 0.3) is 0 Å². The summed E-state index contributed by atoms with van der Waals surface area (Å²) in [7, 11) is 0. The molecule has 2 unspecified atom stereocenters. The molecule has 0 aliphatic carbocycles. The lowest BCUT2D eigenvalue weighted by Gasteiger charge is -2.37. The topological polar surface area (TPSA) is 75.0 Å². The van der Waals surface area contributed by atoms with Crippen molar-refractivity contribution in [2.75, 3.05) is 6.54 Å². The van der Waals surface area contributed by atoms with Crippen molar-refractivity contribution in [2.45, 2.75) is 64.5 Å². The van der Waals surface area contributed by atoms with Crippen LogP contribution in [0.4, 0.5) is 0 Å². The normalized spacial score (nSPS) is 21.9. The lowest BCUT2D eigenvalue weighted by Crippen LogP contribution is -2.51. The average molecular weight is 278 g/mol. The first-order valence-electron chi connectivity index (χ1n) is 7.43. The van der Waals surface area contributed by atoms with Gasteiger partial charge in [0.2, 0.25) is 0 Å². The number of piperidine rings is 1. The van der Waals surface area contributed by atoms with E-state index < -0.39 is 0 Å². The molecule has 20 heavy (non-hydrogen) atoms. The zero-order valence-corrected chi connectivity index (χ0v) is 12.9. The predicted molar refractivity (Wildman–Crippen MR) is 79.6 cm³/mol. The quantitative estimate of drug-likeness (QED) is 0.869. The number of nitrogens with two attached hydrogens (primary N) is 1. The van der Waals surface area contributed by atoms with E-state index in [-0.39, 0.29) is 23.4 Å². The summed E-state index contributed by atoms with van der Waals surface area (Å²) in [4.78, 5) is 14.5. The fourth-order valence-corrected chi connectivity index (χ4v) is 2.72. The number of carbonyl (C=O) groups is 1. The summed E-state index contributed by atoms with van der Waals surface area (Å²) in [6, 6.07) is 2.00. The molecule has 2 heterocycles. The minimum atomic E-state index is -0.0337. The zero-order chi connectivity index (χ0) is 14.9. The molecule has 1 aliphatic heterocycles. The summed E-state index contributed by atoms with van der Waals surface area (Å²) in [6.45, 7) is 9.05. The van der Waals surface area contributed by atoms with Gasteiger partial charge < -0.3 is 10.6 Å². The van der Waals surface area contributed by atoms with Crippen molar-refractivity contribution in [2.24, 2.45) is 5.73 Å². The second-order valence-corrected chi connectivity index (χ2v) is 6.84. The van der Waals surface area contributed by atoms with Crippen LogP contribution in [0.1, 0.15) is 63.1 Å². The monoisotopic (exact) mass is 278 g/mol. The van der Waals surface area contributed by atoms with Crippen LogP contribution in [0.5, 0.6) is 0 Å². The molecular formula is C15H26N4O. The maximum absolute atomic E-state index is 12.6. The van der Waals surface area contributed by atoms with Crippen molar-refractivity contribution in [3.8, 4) is 0 Å². The van der Waals surface area contributed by atoms with E-state index >= 15 is 0 Å². The molecule has 2 rings (SSSR count). The number of nitrogens with one attached hydrogen (secondary N) is 1. The number of hydrogen-bond donors (Lipinski definition) is 2.